The Morgan fingerprint density at radius 1 is 1.05 bits per heavy atom. The van der Waals surface area contributed by atoms with Gasteiger partial charge in [-0.2, -0.15) is 5.10 Å². The number of aromatic nitrogens is 4. The molecule has 0 aliphatic rings. The van der Waals surface area contributed by atoms with Gasteiger partial charge in [-0.25, -0.2) is 4.68 Å². The van der Waals surface area contributed by atoms with Gasteiger partial charge in [-0.15, -0.1) is 10.2 Å². The molecule has 0 saturated heterocycles. The summed E-state index contributed by atoms with van der Waals surface area (Å²) in [5, 5.41) is 12.6. The van der Waals surface area contributed by atoms with E-state index in [0.29, 0.717) is 17.5 Å². The van der Waals surface area contributed by atoms with Gasteiger partial charge in [0.05, 0.1) is 11.9 Å². The second-order valence-corrected chi connectivity index (χ2v) is 4.60. The van der Waals surface area contributed by atoms with Gasteiger partial charge in [0.1, 0.15) is 0 Å². The molecule has 3 rings (SSSR count). The SMILES string of the molecule is NCc1cnn(-c2ccc(Cl)nn2)c1-c1ccccc1. The highest BCUT2D eigenvalue weighted by Crippen LogP contribution is 2.25. The van der Waals surface area contributed by atoms with Crippen LogP contribution >= 0.6 is 11.6 Å². The van der Waals surface area contributed by atoms with Crippen LogP contribution in [-0.4, -0.2) is 20.0 Å². The third-order valence-corrected chi connectivity index (χ3v) is 3.15. The highest BCUT2D eigenvalue weighted by atomic mass is 35.5. The number of benzene rings is 1. The highest BCUT2D eigenvalue weighted by Gasteiger charge is 2.14. The summed E-state index contributed by atoms with van der Waals surface area (Å²) in [5.41, 5.74) is 8.70. The zero-order valence-electron chi connectivity index (χ0n) is 10.6. The molecule has 100 valence electrons. The van der Waals surface area contributed by atoms with Crippen LogP contribution < -0.4 is 5.73 Å². The highest BCUT2D eigenvalue weighted by molar-refractivity contribution is 6.29. The third-order valence-electron chi connectivity index (χ3n) is 2.95. The van der Waals surface area contributed by atoms with Crippen LogP contribution in [0.2, 0.25) is 5.15 Å². The van der Waals surface area contributed by atoms with E-state index in [-0.39, 0.29) is 0 Å². The molecular weight excluding hydrogens is 274 g/mol. The second-order valence-electron chi connectivity index (χ2n) is 4.21. The van der Waals surface area contributed by atoms with Gasteiger partial charge in [-0.05, 0) is 12.1 Å². The average Bonchev–Trinajstić information content (AvgIpc) is 2.93. The van der Waals surface area contributed by atoms with E-state index in [1.54, 1.807) is 23.0 Å². The Kier molecular flexibility index (Phi) is 3.45. The molecule has 0 aliphatic heterocycles. The molecule has 0 atom stereocenters. The van der Waals surface area contributed by atoms with Gasteiger partial charge in [0.2, 0.25) is 0 Å². The maximum Gasteiger partial charge on any atom is 0.176 e. The van der Waals surface area contributed by atoms with Crippen LogP contribution in [0.25, 0.3) is 17.1 Å². The van der Waals surface area contributed by atoms with Crippen LogP contribution in [0.5, 0.6) is 0 Å². The lowest BCUT2D eigenvalue weighted by molar-refractivity contribution is 0.820. The minimum atomic E-state index is 0.348. The van der Waals surface area contributed by atoms with E-state index in [1.165, 1.54) is 0 Å². The van der Waals surface area contributed by atoms with Crippen LogP contribution in [-0.2, 0) is 6.54 Å². The van der Waals surface area contributed by atoms with Crippen LogP contribution in [0.1, 0.15) is 5.56 Å². The molecule has 6 heteroatoms. The van der Waals surface area contributed by atoms with Gasteiger partial charge in [0.15, 0.2) is 11.0 Å². The molecule has 2 heterocycles. The minimum absolute atomic E-state index is 0.348. The van der Waals surface area contributed by atoms with Crippen molar-refractivity contribution in [2.45, 2.75) is 6.54 Å². The van der Waals surface area contributed by atoms with Crippen molar-refractivity contribution >= 4 is 11.6 Å². The molecule has 0 unspecified atom stereocenters. The fraction of sp³-hybridized carbons (Fsp3) is 0.0714. The van der Waals surface area contributed by atoms with E-state index < -0.39 is 0 Å². The van der Waals surface area contributed by atoms with Gasteiger partial charge >= 0.3 is 0 Å². The molecule has 0 bridgehead atoms. The fourth-order valence-corrected chi connectivity index (χ4v) is 2.13. The minimum Gasteiger partial charge on any atom is -0.326 e. The average molecular weight is 286 g/mol. The summed E-state index contributed by atoms with van der Waals surface area (Å²) in [6.45, 7) is 0.408. The molecule has 0 spiro atoms. The monoisotopic (exact) mass is 285 g/mol. The first-order valence-corrected chi connectivity index (χ1v) is 6.49. The molecule has 20 heavy (non-hydrogen) atoms. The Bertz CT molecular complexity index is 706. The summed E-state index contributed by atoms with van der Waals surface area (Å²) in [7, 11) is 0. The summed E-state index contributed by atoms with van der Waals surface area (Å²) in [6.07, 6.45) is 1.75. The molecular formula is C14H12ClN5. The third kappa shape index (κ3) is 2.29. The number of hydrogen-bond acceptors (Lipinski definition) is 4. The van der Waals surface area contributed by atoms with Gasteiger partial charge in [0.25, 0.3) is 0 Å². The quantitative estimate of drug-likeness (QED) is 0.802. The molecule has 2 N–H and O–H groups in total. The predicted octanol–water partition coefficient (Wildman–Crippen LogP) is 2.44. The maximum atomic E-state index is 5.79. The topological polar surface area (TPSA) is 69.6 Å². The lowest BCUT2D eigenvalue weighted by Crippen LogP contribution is -2.05. The number of hydrogen-bond donors (Lipinski definition) is 1. The second kappa shape index (κ2) is 5.40. The first kappa shape index (κ1) is 12.8. The summed E-state index contributed by atoms with van der Waals surface area (Å²) >= 11 is 5.77. The molecule has 5 nitrogen and oxygen atoms in total. The molecule has 0 radical (unpaired) electrons. The summed E-state index contributed by atoms with van der Waals surface area (Å²) < 4.78 is 1.72. The van der Waals surface area contributed by atoms with Gasteiger partial charge < -0.3 is 5.73 Å². The lowest BCUT2D eigenvalue weighted by atomic mass is 10.1. The number of rotatable bonds is 3. The summed E-state index contributed by atoms with van der Waals surface area (Å²) in [5.74, 6) is 0.605. The smallest absolute Gasteiger partial charge is 0.176 e. The van der Waals surface area contributed by atoms with E-state index in [9.17, 15) is 0 Å². The largest absolute Gasteiger partial charge is 0.326 e. The lowest BCUT2D eigenvalue weighted by Gasteiger charge is -2.08. The standard InChI is InChI=1S/C14H12ClN5/c15-12-6-7-13(19-18-12)20-14(11(8-16)9-17-20)10-4-2-1-3-5-10/h1-7,9H,8,16H2. The predicted molar refractivity (Wildman–Crippen MR) is 77.5 cm³/mol. The summed E-state index contributed by atoms with van der Waals surface area (Å²) in [4.78, 5) is 0. The molecule has 1 aromatic carbocycles. The van der Waals surface area contributed by atoms with Crippen LogP contribution in [0.4, 0.5) is 0 Å². The molecule has 3 aromatic rings. The Balaban J connectivity index is 2.17. The van der Waals surface area contributed by atoms with Crippen molar-refractivity contribution in [3.8, 4) is 17.1 Å². The van der Waals surface area contributed by atoms with Crippen molar-refractivity contribution in [2.24, 2.45) is 5.73 Å². The Morgan fingerprint density at radius 2 is 1.85 bits per heavy atom. The normalized spacial score (nSPS) is 10.7. The molecule has 0 aliphatic carbocycles. The van der Waals surface area contributed by atoms with Crippen LogP contribution in [0.15, 0.2) is 48.7 Å². The maximum absolute atomic E-state index is 5.79. The molecule has 0 fully saturated rings. The van der Waals surface area contributed by atoms with E-state index >= 15 is 0 Å². The van der Waals surface area contributed by atoms with Crippen molar-refractivity contribution in [3.05, 3.63) is 59.4 Å². The molecule has 0 amide bonds. The Morgan fingerprint density at radius 3 is 2.50 bits per heavy atom. The number of nitrogens with zero attached hydrogens (tertiary/aromatic N) is 4. The zero-order valence-corrected chi connectivity index (χ0v) is 11.3. The van der Waals surface area contributed by atoms with Crippen molar-refractivity contribution in [2.75, 3.05) is 0 Å². The van der Waals surface area contributed by atoms with Crippen molar-refractivity contribution in [1.29, 1.82) is 0 Å². The molecule has 2 aromatic heterocycles. The number of halogens is 1. The zero-order chi connectivity index (χ0) is 13.9. The van der Waals surface area contributed by atoms with Gasteiger partial charge in [-0.3, -0.25) is 0 Å². The molecule has 0 saturated carbocycles. The van der Waals surface area contributed by atoms with Gasteiger partial charge in [-0.1, -0.05) is 41.9 Å². The van der Waals surface area contributed by atoms with E-state index in [4.69, 9.17) is 17.3 Å². The van der Waals surface area contributed by atoms with Crippen LogP contribution in [0, 0.1) is 0 Å². The van der Waals surface area contributed by atoms with Crippen molar-refractivity contribution in [3.63, 3.8) is 0 Å². The van der Waals surface area contributed by atoms with E-state index in [1.807, 2.05) is 30.3 Å². The van der Waals surface area contributed by atoms with E-state index in [0.717, 1.165) is 16.8 Å². The summed E-state index contributed by atoms with van der Waals surface area (Å²) in [6, 6.07) is 13.4. The van der Waals surface area contributed by atoms with Crippen LogP contribution in [0.3, 0.4) is 0 Å². The van der Waals surface area contributed by atoms with Crippen molar-refractivity contribution in [1.82, 2.24) is 20.0 Å². The first-order chi connectivity index (χ1) is 9.79. The number of nitrogens with two attached hydrogens (primary N) is 1. The van der Waals surface area contributed by atoms with Gasteiger partial charge in [0, 0.05) is 17.7 Å². The van der Waals surface area contributed by atoms with Crippen molar-refractivity contribution < 1.29 is 0 Å². The van der Waals surface area contributed by atoms with E-state index in [2.05, 4.69) is 15.3 Å². The Hall–Kier alpha value is -2.24. The Labute approximate surface area is 121 Å². The fourth-order valence-electron chi connectivity index (χ4n) is 2.03. The first-order valence-electron chi connectivity index (χ1n) is 6.11.